The lowest BCUT2D eigenvalue weighted by Gasteiger charge is -2.13. The van der Waals surface area contributed by atoms with Gasteiger partial charge < -0.3 is 14.8 Å². The van der Waals surface area contributed by atoms with Crippen molar-refractivity contribution in [2.45, 2.75) is 17.2 Å². The van der Waals surface area contributed by atoms with Crippen LogP contribution in [0.5, 0.6) is 5.75 Å². The maximum Gasteiger partial charge on any atom is 0.255 e. The molecule has 24 heavy (non-hydrogen) atoms. The van der Waals surface area contributed by atoms with Gasteiger partial charge in [0.2, 0.25) is 0 Å². The van der Waals surface area contributed by atoms with Crippen LogP contribution in [0.15, 0.2) is 47.4 Å². The van der Waals surface area contributed by atoms with E-state index >= 15 is 0 Å². The molecule has 4 nitrogen and oxygen atoms in total. The van der Waals surface area contributed by atoms with Crippen molar-refractivity contribution in [3.8, 4) is 5.75 Å². The van der Waals surface area contributed by atoms with Crippen LogP contribution in [0.4, 0.5) is 5.69 Å². The van der Waals surface area contributed by atoms with Gasteiger partial charge in [-0.2, -0.15) is 0 Å². The molecule has 5 heteroatoms. The molecule has 1 aliphatic heterocycles. The molecular formula is C19H21NO3S. The van der Waals surface area contributed by atoms with E-state index in [2.05, 4.69) is 11.4 Å². The van der Waals surface area contributed by atoms with Crippen LogP contribution in [0.1, 0.15) is 28.3 Å². The second-order valence-electron chi connectivity index (χ2n) is 5.71. The Kier molecular flexibility index (Phi) is 5.43. The fraction of sp³-hybridized carbons (Fsp3) is 0.316. The lowest BCUT2D eigenvalue weighted by atomic mass is 9.96. The second-order valence-corrected chi connectivity index (χ2v) is 6.59. The fourth-order valence-electron chi connectivity index (χ4n) is 2.83. The third kappa shape index (κ3) is 3.74. The van der Waals surface area contributed by atoms with E-state index in [1.165, 1.54) is 0 Å². The van der Waals surface area contributed by atoms with E-state index < -0.39 is 0 Å². The summed E-state index contributed by atoms with van der Waals surface area (Å²) in [5.41, 5.74) is 2.48. The van der Waals surface area contributed by atoms with Crippen molar-refractivity contribution in [2.75, 3.05) is 31.9 Å². The van der Waals surface area contributed by atoms with E-state index in [1.807, 2.05) is 42.7 Å². The van der Waals surface area contributed by atoms with Gasteiger partial charge in [0.25, 0.3) is 5.91 Å². The fourth-order valence-corrected chi connectivity index (χ4v) is 3.26. The van der Waals surface area contributed by atoms with Crippen LogP contribution >= 0.6 is 11.8 Å². The summed E-state index contributed by atoms with van der Waals surface area (Å²) < 4.78 is 10.8. The number of benzene rings is 2. The SMILES string of the molecule is COc1cc(SC)ccc1NC(=O)c1cccc([C@H]2CCOC2)c1. The van der Waals surface area contributed by atoms with Crippen molar-refractivity contribution >= 4 is 23.4 Å². The van der Waals surface area contributed by atoms with Gasteiger partial charge in [-0.1, -0.05) is 12.1 Å². The standard InChI is InChI=1S/C19H21NO3S/c1-22-18-11-16(24-2)6-7-17(18)20-19(21)14-5-3-4-13(10-14)15-8-9-23-12-15/h3-7,10-11,15H,8-9,12H2,1-2H3,(H,20,21)/t15-/m0/s1. The number of rotatable bonds is 5. The summed E-state index contributed by atoms with van der Waals surface area (Å²) in [5.74, 6) is 0.912. The number of amides is 1. The Labute approximate surface area is 146 Å². The van der Waals surface area contributed by atoms with E-state index in [4.69, 9.17) is 9.47 Å². The Morgan fingerprint density at radius 3 is 2.88 bits per heavy atom. The molecule has 2 aromatic rings. The van der Waals surface area contributed by atoms with Crippen molar-refractivity contribution in [3.63, 3.8) is 0 Å². The van der Waals surface area contributed by atoms with E-state index in [9.17, 15) is 4.79 Å². The highest BCUT2D eigenvalue weighted by Crippen LogP contribution is 2.30. The average Bonchev–Trinajstić information content (AvgIpc) is 3.17. The normalized spacial score (nSPS) is 16.8. The molecule has 1 N–H and O–H groups in total. The van der Waals surface area contributed by atoms with Gasteiger partial charge in [0, 0.05) is 23.0 Å². The van der Waals surface area contributed by atoms with Crippen LogP contribution in [0.25, 0.3) is 0 Å². The zero-order valence-electron chi connectivity index (χ0n) is 13.9. The topological polar surface area (TPSA) is 47.6 Å². The lowest BCUT2D eigenvalue weighted by Crippen LogP contribution is -2.13. The molecular weight excluding hydrogens is 322 g/mol. The number of carbonyl (C=O) groups is 1. The molecule has 1 heterocycles. The molecule has 126 valence electrons. The van der Waals surface area contributed by atoms with Crippen LogP contribution < -0.4 is 10.1 Å². The number of anilines is 1. The van der Waals surface area contributed by atoms with E-state index in [0.29, 0.717) is 22.9 Å². The first-order chi connectivity index (χ1) is 11.7. The quantitative estimate of drug-likeness (QED) is 0.828. The molecule has 0 bridgehead atoms. The Hall–Kier alpha value is -1.98. The molecule has 0 spiro atoms. The minimum Gasteiger partial charge on any atom is -0.495 e. The highest BCUT2D eigenvalue weighted by Gasteiger charge is 2.19. The Morgan fingerprint density at radius 1 is 1.29 bits per heavy atom. The van der Waals surface area contributed by atoms with Crippen LogP contribution in [0, 0.1) is 0 Å². The minimum absolute atomic E-state index is 0.133. The third-order valence-corrected chi connectivity index (χ3v) is 4.93. The summed E-state index contributed by atoms with van der Waals surface area (Å²) in [6.45, 7) is 1.52. The molecule has 0 aromatic heterocycles. The molecule has 1 amide bonds. The number of carbonyl (C=O) groups excluding carboxylic acids is 1. The van der Waals surface area contributed by atoms with Gasteiger partial charge in [-0.05, 0) is 48.6 Å². The molecule has 0 saturated carbocycles. The summed E-state index contributed by atoms with van der Waals surface area (Å²) >= 11 is 1.63. The Bertz CT molecular complexity index is 726. The van der Waals surface area contributed by atoms with Gasteiger partial charge in [-0.25, -0.2) is 0 Å². The number of thioether (sulfide) groups is 1. The molecule has 3 rings (SSSR count). The summed E-state index contributed by atoms with van der Waals surface area (Å²) in [4.78, 5) is 13.7. The van der Waals surface area contributed by atoms with Crippen molar-refractivity contribution in [1.29, 1.82) is 0 Å². The van der Waals surface area contributed by atoms with Gasteiger partial charge in [0.05, 0.1) is 19.4 Å². The maximum absolute atomic E-state index is 12.6. The van der Waals surface area contributed by atoms with E-state index in [1.54, 1.807) is 18.9 Å². The zero-order chi connectivity index (χ0) is 16.9. The third-order valence-electron chi connectivity index (χ3n) is 4.21. The average molecular weight is 343 g/mol. The molecule has 0 radical (unpaired) electrons. The largest absolute Gasteiger partial charge is 0.495 e. The molecule has 2 aromatic carbocycles. The zero-order valence-corrected chi connectivity index (χ0v) is 14.7. The van der Waals surface area contributed by atoms with Gasteiger partial charge >= 0.3 is 0 Å². The molecule has 0 aliphatic carbocycles. The lowest BCUT2D eigenvalue weighted by molar-refractivity contribution is 0.102. The van der Waals surface area contributed by atoms with Gasteiger partial charge in [0.15, 0.2) is 0 Å². The molecule has 0 unspecified atom stereocenters. The van der Waals surface area contributed by atoms with Crippen molar-refractivity contribution < 1.29 is 14.3 Å². The summed E-state index contributed by atoms with van der Waals surface area (Å²) in [6.07, 6.45) is 3.01. The first kappa shape index (κ1) is 16.9. The number of hydrogen-bond donors (Lipinski definition) is 1. The maximum atomic E-state index is 12.6. The predicted molar refractivity (Wildman–Crippen MR) is 97.3 cm³/mol. The number of methoxy groups -OCH3 is 1. The summed E-state index contributed by atoms with van der Waals surface area (Å²) in [5, 5.41) is 2.94. The Morgan fingerprint density at radius 2 is 2.17 bits per heavy atom. The van der Waals surface area contributed by atoms with Crippen LogP contribution in [-0.2, 0) is 4.74 Å². The molecule has 1 aliphatic rings. The number of ether oxygens (including phenoxy) is 2. The first-order valence-electron chi connectivity index (χ1n) is 7.92. The van der Waals surface area contributed by atoms with Crippen LogP contribution in [0.3, 0.4) is 0 Å². The predicted octanol–water partition coefficient (Wildman–Crippen LogP) is 4.17. The smallest absolute Gasteiger partial charge is 0.255 e. The van der Waals surface area contributed by atoms with E-state index in [-0.39, 0.29) is 5.91 Å². The highest BCUT2D eigenvalue weighted by molar-refractivity contribution is 7.98. The first-order valence-corrected chi connectivity index (χ1v) is 9.15. The van der Waals surface area contributed by atoms with Gasteiger partial charge in [-0.15, -0.1) is 11.8 Å². The minimum atomic E-state index is -0.133. The Balaban J connectivity index is 1.78. The highest BCUT2D eigenvalue weighted by atomic mass is 32.2. The van der Waals surface area contributed by atoms with Gasteiger partial charge in [-0.3, -0.25) is 4.79 Å². The van der Waals surface area contributed by atoms with Crippen LogP contribution in [0.2, 0.25) is 0 Å². The van der Waals surface area contributed by atoms with Gasteiger partial charge in [0.1, 0.15) is 5.75 Å². The molecule has 1 atom stereocenters. The van der Waals surface area contributed by atoms with E-state index in [0.717, 1.165) is 30.1 Å². The van der Waals surface area contributed by atoms with Crippen LogP contribution in [-0.4, -0.2) is 32.5 Å². The number of nitrogens with one attached hydrogen (secondary N) is 1. The number of hydrogen-bond acceptors (Lipinski definition) is 4. The molecule has 1 saturated heterocycles. The van der Waals surface area contributed by atoms with Crippen molar-refractivity contribution in [1.82, 2.24) is 0 Å². The van der Waals surface area contributed by atoms with Crippen molar-refractivity contribution in [3.05, 3.63) is 53.6 Å². The molecule has 1 fully saturated rings. The monoisotopic (exact) mass is 343 g/mol. The second kappa shape index (κ2) is 7.73. The van der Waals surface area contributed by atoms with Crippen molar-refractivity contribution in [2.24, 2.45) is 0 Å². The summed E-state index contributed by atoms with van der Waals surface area (Å²) in [7, 11) is 1.61. The summed E-state index contributed by atoms with van der Waals surface area (Å²) in [6, 6.07) is 13.5.